The fourth-order valence-electron chi connectivity index (χ4n) is 1.87. The highest BCUT2D eigenvalue weighted by molar-refractivity contribution is 5.94. The van der Waals surface area contributed by atoms with Gasteiger partial charge in [0.2, 0.25) is 5.91 Å². The van der Waals surface area contributed by atoms with Crippen molar-refractivity contribution in [2.45, 2.75) is 25.4 Å². The molecule has 1 aromatic carbocycles. The van der Waals surface area contributed by atoms with Gasteiger partial charge in [-0.25, -0.2) is 8.78 Å². The normalized spacial score (nSPS) is 11.8. The molecule has 0 unspecified atom stereocenters. The minimum Gasteiger partial charge on any atom is -0.322 e. The lowest BCUT2D eigenvalue weighted by molar-refractivity contribution is -0.117. The minimum absolute atomic E-state index is 0. The second-order valence-corrected chi connectivity index (χ2v) is 4.63. The molecule has 0 radical (unpaired) electrons. The van der Waals surface area contributed by atoms with Crippen LogP contribution in [0.3, 0.4) is 0 Å². The Morgan fingerprint density at radius 1 is 1.32 bits per heavy atom. The van der Waals surface area contributed by atoms with Crippen LogP contribution >= 0.6 is 12.4 Å². The van der Waals surface area contributed by atoms with Gasteiger partial charge < -0.3 is 11.1 Å². The molecule has 0 aliphatic heterocycles. The number of amides is 1. The Balaban J connectivity index is 0.00000242. The molecule has 0 fully saturated rings. The summed E-state index contributed by atoms with van der Waals surface area (Å²) in [6, 6.07) is 8.67. The Bertz CT molecular complexity index is 592. The van der Waals surface area contributed by atoms with E-state index in [1.807, 2.05) is 30.3 Å². The predicted octanol–water partition coefficient (Wildman–Crippen LogP) is 2.08. The van der Waals surface area contributed by atoms with E-state index in [9.17, 15) is 13.6 Å². The van der Waals surface area contributed by atoms with Gasteiger partial charge in [-0.15, -0.1) is 12.4 Å². The molecule has 1 atom stereocenters. The Kier molecular flexibility index (Phi) is 6.94. The quantitative estimate of drug-likeness (QED) is 0.851. The maximum Gasteiger partial charge on any atom is 0.257 e. The lowest BCUT2D eigenvalue weighted by atomic mass is 10.1. The summed E-state index contributed by atoms with van der Waals surface area (Å²) in [6.07, 6.45) is 0.570. The van der Waals surface area contributed by atoms with E-state index in [2.05, 4.69) is 10.4 Å². The van der Waals surface area contributed by atoms with Crippen molar-refractivity contribution in [3.05, 3.63) is 48.3 Å². The van der Waals surface area contributed by atoms with E-state index < -0.39 is 19.0 Å². The molecule has 1 amide bonds. The van der Waals surface area contributed by atoms with Gasteiger partial charge in [-0.1, -0.05) is 30.3 Å². The first-order valence-electron chi connectivity index (χ1n) is 6.45. The first-order valence-corrected chi connectivity index (χ1v) is 6.45. The zero-order valence-corrected chi connectivity index (χ0v) is 12.5. The van der Waals surface area contributed by atoms with Crippen LogP contribution in [-0.4, -0.2) is 28.2 Å². The smallest absolute Gasteiger partial charge is 0.257 e. The number of carbonyl (C=O) groups excluding carboxylic acids is 1. The van der Waals surface area contributed by atoms with Crippen LogP contribution in [-0.2, 0) is 17.8 Å². The first kappa shape index (κ1) is 18.1. The molecule has 1 heterocycles. The van der Waals surface area contributed by atoms with Crippen LogP contribution in [0, 0.1) is 0 Å². The largest absolute Gasteiger partial charge is 0.322 e. The summed E-state index contributed by atoms with van der Waals surface area (Å²) in [5.41, 5.74) is 7.13. The average Bonchev–Trinajstić information content (AvgIpc) is 2.86. The van der Waals surface area contributed by atoms with Crippen LogP contribution in [0.1, 0.15) is 5.56 Å². The van der Waals surface area contributed by atoms with Crippen molar-refractivity contribution >= 4 is 24.0 Å². The number of hydrogen-bond acceptors (Lipinski definition) is 3. The fourth-order valence-corrected chi connectivity index (χ4v) is 1.87. The Morgan fingerprint density at radius 2 is 2.00 bits per heavy atom. The van der Waals surface area contributed by atoms with Crippen LogP contribution in [0.2, 0.25) is 0 Å². The summed E-state index contributed by atoms with van der Waals surface area (Å²) in [5.74, 6) is -0.379. The summed E-state index contributed by atoms with van der Waals surface area (Å²) in [7, 11) is 0. The number of anilines is 1. The van der Waals surface area contributed by atoms with E-state index in [1.165, 1.54) is 12.4 Å². The monoisotopic (exact) mass is 330 g/mol. The number of alkyl halides is 2. The van der Waals surface area contributed by atoms with Gasteiger partial charge in [0.15, 0.2) is 0 Å². The molecule has 2 aromatic rings. The molecule has 5 nitrogen and oxygen atoms in total. The van der Waals surface area contributed by atoms with Gasteiger partial charge in [0.05, 0.1) is 17.9 Å². The van der Waals surface area contributed by atoms with Crippen LogP contribution < -0.4 is 11.1 Å². The van der Waals surface area contributed by atoms with Crippen LogP contribution in [0.25, 0.3) is 0 Å². The molecule has 0 bridgehead atoms. The van der Waals surface area contributed by atoms with Crippen molar-refractivity contribution in [2.24, 2.45) is 5.73 Å². The second-order valence-electron chi connectivity index (χ2n) is 4.63. The van der Waals surface area contributed by atoms with Crippen LogP contribution in [0.15, 0.2) is 42.7 Å². The summed E-state index contributed by atoms with van der Waals surface area (Å²) in [4.78, 5) is 11.9. The Morgan fingerprint density at radius 3 is 2.64 bits per heavy atom. The number of hydrogen-bond donors (Lipinski definition) is 2. The molecule has 120 valence electrons. The van der Waals surface area contributed by atoms with E-state index in [4.69, 9.17) is 5.73 Å². The van der Waals surface area contributed by atoms with Crippen molar-refractivity contribution in [1.82, 2.24) is 9.78 Å². The van der Waals surface area contributed by atoms with Crippen LogP contribution in [0.5, 0.6) is 0 Å². The topological polar surface area (TPSA) is 72.9 Å². The van der Waals surface area contributed by atoms with E-state index in [-0.39, 0.29) is 18.3 Å². The van der Waals surface area contributed by atoms with Gasteiger partial charge in [0.25, 0.3) is 6.43 Å². The zero-order chi connectivity index (χ0) is 15.2. The van der Waals surface area contributed by atoms with Crippen molar-refractivity contribution in [3.8, 4) is 0 Å². The van der Waals surface area contributed by atoms with E-state index in [1.54, 1.807) is 0 Å². The maximum atomic E-state index is 12.2. The molecule has 3 N–H and O–H groups in total. The van der Waals surface area contributed by atoms with E-state index in [0.29, 0.717) is 12.1 Å². The highest BCUT2D eigenvalue weighted by Crippen LogP contribution is 2.08. The van der Waals surface area contributed by atoms with Gasteiger partial charge in [0.1, 0.15) is 6.54 Å². The number of carbonyl (C=O) groups is 1. The van der Waals surface area contributed by atoms with Crippen LogP contribution in [0.4, 0.5) is 14.5 Å². The van der Waals surface area contributed by atoms with Gasteiger partial charge >= 0.3 is 0 Å². The second kappa shape index (κ2) is 8.45. The molecule has 0 saturated heterocycles. The van der Waals surface area contributed by atoms with Crippen molar-refractivity contribution in [2.75, 3.05) is 5.32 Å². The van der Waals surface area contributed by atoms with Gasteiger partial charge in [0, 0.05) is 6.20 Å². The number of aromatic nitrogens is 2. The number of rotatable bonds is 6. The number of nitrogens with zero attached hydrogens (tertiary/aromatic N) is 2. The third kappa shape index (κ3) is 5.42. The van der Waals surface area contributed by atoms with Gasteiger partial charge in [-0.05, 0) is 12.0 Å². The fraction of sp³-hybridized carbons (Fsp3) is 0.286. The lowest BCUT2D eigenvalue weighted by Gasteiger charge is -2.11. The molecule has 22 heavy (non-hydrogen) atoms. The Labute approximate surface area is 132 Å². The summed E-state index contributed by atoms with van der Waals surface area (Å²) < 4.78 is 25.5. The molecule has 1 aromatic heterocycles. The minimum atomic E-state index is -2.49. The molecule has 0 spiro atoms. The number of benzene rings is 1. The predicted molar refractivity (Wildman–Crippen MR) is 82.2 cm³/mol. The molecule has 0 saturated carbocycles. The highest BCUT2D eigenvalue weighted by Gasteiger charge is 2.15. The summed E-state index contributed by atoms with van der Waals surface area (Å²) in [5, 5.41) is 6.30. The highest BCUT2D eigenvalue weighted by atomic mass is 35.5. The van der Waals surface area contributed by atoms with Gasteiger partial charge in [-0.3, -0.25) is 9.48 Å². The first-order chi connectivity index (χ1) is 10.0. The summed E-state index contributed by atoms with van der Waals surface area (Å²) in [6.45, 7) is -0.508. The number of halogens is 3. The molecule has 0 aliphatic carbocycles. The zero-order valence-electron chi connectivity index (χ0n) is 11.7. The number of nitrogens with one attached hydrogen (secondary N) is 1. The van der Waals surface area contributed by atoms with Crippen molar-refractivity contribution < 1.29 is 13.6 Å². The lowest BCUT2D eigenvalue weighted by Crippen LogP contribution is -2.37. The maximum absolute atomic E-state index is 12.2. The molecular formula is C14H17ClF2N4O. The molecular weight excluding hydrogens is 314 g/mol. The van der Waals surface area contributed by atoms with Crippen molar-refractivity contribution in [1.29, 1.82) is 0 Å². The van der Waals surface area contributed by atoms with E-state index in [0.717, 1.165) is 10.2 Å². The SMILES string of the molecule is Cl.N[C@@H](Cc1ccccc1)C(=O)Nc1cnn(CC(F)F)c1. The Hall–Kier alpha value is -1.99. The number of nitrogens with two attached hydrogens (primary N) is 1. The third-order valence-corrected chi connectivity index (χ3v) is 2.86. The van der Waals surface area contributed by atoms with E-state index >= 15 is 0 Å². The van der Waals surface area contributed by atoms with Crippen molar-refractivity contribution in [3.63, 3.8) is 0 Å². The standard InChI is InChI=1S/C14H16F2N4O.ClH/c15-13(16)9-20-8-11(7-18-20)19-14(21)12(17)6-10-4-2-1-3-5-10;/h1-5,7-8,12-13H,6,9,17H2,(H,19,21);1H/t12-;/m0./s1. The third-order valence-electron chi connectivity index (χ3n) is 2.86. The average molecular weight is 331 g/mol. The summed E-state index contributed by atoms with van der Waals surface area (Å²) >= 11 is 0. The molecule has 2 rings (SSSR count). The molecule has 0 aliphatic rings. The van der Waals surface area contributed by atoms with Gasteiger partial charge in [-0.2, -0.15) is 5.10 Å². The molecule has 8 heteroatoms.